The Hall–Kier alpha value is -3.27. The van der Waals surface area contributed by atoms with Gasteiger partial charge in [0.25, 0.3) is 0 Å². The molecule has 0 bridgehead atoms. The third-order valence-electron chi connectivity index (χ3n) is 2.74. The molecule has 1 aromatic carbocycles. The lowest BCUT2D eigenvalue weighted by Crippen LogP contribution is -2.09. The number of hydrogen-bond acceptors (Lipinski definition) is 5. The van der Waals surface area contributed by atoms with E-state index in [9.17, 15) is 4.79 Å². The number of carbonyl (C=O) groups is 1. The third kappa shape index (κ3) is 1.76. The number of aromatic carboxylic acids is 1. The Morgan fingerprint density at radius 2 is 2.10 bits per heavy atom. The molecular formula is C13H7N5O2. The number of benzene rings is 1. The number of aromatic nitrogens is 4. The van der Waals surface area contributed by atoms with Gasteiger partial charge >= 0.3 is 5.97 Å². The maximum Gasteiger partial charge on any atom is 0.374 e. The van der Waals surface area contributed by atoms with Crippen molar-refractivity contribution in [3.63, 3.8) is 0 Å². The number of para-hydroxylation sites is 1. The fraction of sp³-hybridized carbons (Fsp3) is 0. The van der Waals surface area contributed by atoms with Crippen LogP contribution in [0.2, 0.25) is 0 Å². The summed E-state index contributed by atoms with van der Waals surface area (Å²) in [6.07, 6.45) is 3.01. The number of rotatable bonds is 2. The highest BCUT2D eigenvalue weighted by Crippen LogP contribution is 2.20. The number of nitrogens with zero attached hydrogens (tertiary/aromatic N) is 5. The molecule has 3 aromatic rings. The van der Waals surface area contributed by atoms with Gasteiger partial charge in [-0.3, -0.25) is 4.57 Å². The van der Waals surface area contributed by atoms with Gasteiger partial charge in [0.2, 0.25) is 11.6 Å². The van der Waals surface area contributed by atoms with Crippen molar-refractivity contribution >= 4 is 16.9 Å². The van der Waals surface area contributed by atoms with Gasteiger partial charge in [-0.1, -0.05) is 12.1 Å². The molecule has 0 amide bonds. The zero-order chi connectivity index (χ0) is 14.1. The van der Waals surface area contributed by atoms with Crippen LogP contribution < -0.4 is 0 Å². The first kappa shape index (κ1) is 11.8. The van der Waals surface area contributed by atoms with E-state index in [4.69, 9.17) is 10.4 Å². The molecule has 7 nitrogen and oxygen atoms in total. The number of carboxylic acids is 1. The molecule has 0 radical (unpaired) electrons. The highest BCUT2D eigenvalue weighted by Gasteiger charge is 2.15. The van der Waals surface area contributed by atoms with Gasteiger partial charge in [0, 0.05) is 17.8 Å². The van der Waals surface area contributed by atoms with E-state index in [0.717, 1.165) is 0 Å². The summed E-state index contributed by atoms with van der Waals surface area (Å²) in [6.45, 7) is 0. The van der Waals surface area contributed by atoms with Crippen molar-refractivity contribution in [2.45, 2.75) is 0 Å². The SMILES string of the molecule is N#Cc1nccn1-c1nc(C(=O)O)nc2ccccc12. The molecule has 96 valence electrons. The van der Waals surface area contributed by atoms with Gasteiger partial charge in [0.05, 0.1) is 5.52 Å². The molecule has 0 atom stereocenters. The van der Waals surface area contributed by atoms with Gasteiger partial charge in [0.1, 0.15) is 6.07 Å². The molecule has 0 saturated heterocycles. The van der Waals surface area contributed by atoms with Crippen LogP contribution in [0.3, 0.4) is 0 Å². The quantitative estimate of drug-likeness (QED) is 0.750. The van der Waals surface area contributed by atoms with Crippen molar-refractivity contribution in [1.82, 2.24) is 19.5 Å². The topological polar surface area (TPSA) is 105 Å². The lowest BCUT2D eigenvalue weighted by molar-refractivity contribution is 0.0684. The smallest absolute Gasteiger partial charge is 0.374 e. The van der Waals surface area contributed by atoms with E-state index in [1.165, 1.54) is 10.8 Å². The molecule has 0 unspecified atom stereocenters. The molecular weight excluding hydrogens is 258 g/mol. The Morgan fingerprint density at radius 3 is 2.85 bits per heavy atom. The predicted molar refractivity (Wildman–Crippen MR) is 68.3 cm³/mol. The van der Waals surface area contributed by atoms with Gasteiger partial charge in [0.15, 0.2) is 5.82 Å². The largest absolute Gasteiger partial charge is 0.475 e. The van der Waals surface area contributed by atoms with E-state index in [1.54, 1.807) is 30.5 Å². The minimum atomic E-state index is -1.23. The van der Waals surface area contributed by atoms with Gasteiger partial charge in [-0.2, -0.15) is 5.26 Å². The molecule has 0 aliphatic carbocycles. The summed E-state index contributed by atoms with van der Waals surface area (Å²) < 4.78 is 1.44. The second-order valence-electron chi connectivity index (χ2n) is 3.93. The van der Waals surface area contributed by atoms with Crippen molar-refractivity contribution < 1.29 is 9.90 Å². The van der Waals surface area contributed by atoms with E-state index in [-0.39, 0.29) is 11.6 Å². The first-order valence-electron chi connectivity index (χ1n) is 5.64. The fourth-order valence-electron chi connectivity index (χ4n) is 1.90. The van der Waals surface area contributed by atoms with Gasteiger partial charge in [-0.15, -0.1) is 0 Å². The molecule has 2 heterocycles. The van der Waals surface area contributed by atoms with Crippen LogP contribution in [0.25, 0.3) is 16.7 Å². The highest BCUT2D eigenvalue weighted by molar-refractivity contribution is 5.91. The standard InChI is InChI=1S/C13H7N5O2/c14-7-10-15-5-6-18(10)12-8-3-1-2-4-9(8)16-11(17-12)13(19)20/h1-6H,(H,19,20). The lowest BCUT2D eigenvalue weighted by atomic mass is 10.2. The highest BCUT2D eigenvalue weighted by atomic mass is 16.4. The molecule has 0 spiro atoms. The number of fused-ring (bicyclic) bond motifs is 1. The Labute approximate surface area is 112 Å². The summed E-state index contributed by atoms with van der Waals surface area (Å²) in [7, 11) is 0. The summed E-state index contributed by atoms with van der Waals surface area (Å²) in [5, 5.41) is 18.7. The van der Waals surface area contributed by atoms with Crippen LogP contribution in [0.1, 0.15) is 16.4 Å². The van der Waals surface area contributed by atoms with Crippen LogP contribution in [0.4, 0.5) is 0 Å². The van der Waals surface area contributed by atoms with Gasteiger partial charge in [-0.25, -0.2) is 19.7 Å². The van der Waals surface area contributed by atoms with Gasteiger partial charge < -0.3 is 5.11 Å². The summed E-state index contributed by atoms with van der Waals surface area (Å²) in [5.41, 5.74) is 0.493. The second kappa shape index (κ2) is 4.44. The third-order valence-corrected chi connectivity index (χ3v) is 2.74. The molecule has 0 aliphatic heterocycles. The number of nitriles is 1. The van der Waals surface area contributed by atoms with Crippen molar-refractivity contribution in [1.29, 1.82) is 5.26 Å². The zero-order valence-electron chi connectivity index (χ0n) is 10.1. The molecule has 7 heteroatoms. The van der Waals surface area contributed by atoms with Crippen molar-refractivity contribution in [2.24, 2.45) is 0 Å². The lowest BCUT2D eigenvalue weighted by Gasteiger charge is -2.07. The monoisotopic (exact) mass is 265 g/mol. The minimum absolute atomic E-state index is 0.130. The summed E-state index contributed by atoms with van der Waals surface area (Å²) >= 11 is 0. The van der Waals surface area contributed by atoms with Crippen molar-refractivity contribution in [3.05, 3.63) is 48.3 Å². The maximum absolute atomic E-state index is 11.1. The number of hydrogen-bond donors (Lipinski definition) is 1. The van der Waals surface area contributed by atoms with E-state index in [1.807, 2.05) is 6.07 Å². The normalized spacial score (nSPS) is 10.3. The van der Waals surface area contributed by atoms with Crippen molar-refractivity contribution in [3.8, 4) is 11.9 Å². The predicted octanol–water partition coefficient (Wildman–Crippen LogP) is 1.39. The Morgan fingerprint density at radius 1 is 1.30 bits per heavy atom. The number of carboxylic acid groups (broad SMARTS) is 1. The van der Waals surface area contributed by atoms with E-state index in [2.05, 4.69) is 15.0 Å². The van der Waals surface area contributed by atoms with Crippen LogP contribution in [0, 0.1) is 11.3 Å². The maximum atomic E-state index is 11.1. The summed E-state index contributed by atoms with van der Waals surface area (Å²) in [5.74, 6) is -1.10. The Bertz CT molecular complexity index is 863. The average Bonchev–Trinajstić information content (AvgIpc) is 2.94. The van der Waals surface area contributed by atoms with E-state index in [0.29, 0.717) is 16.7 Å². The molecule has 0 aliphatic rings. The Kier molecular flexibility index (Phi) is 2.62. The first-order chi connectivity index (χ1) is 9.70. The van der Waals surface area contributed by atoms with E-state index >= 15 is 0 Å². The molecule has 1 N–H and O–H groups in total. The summed E-state index contributed by atoms with van der Waals surface area (Å²) in [6, 6.07) is 8.93. The van der Waals surface area contributed by atoms with E-state index < -0.39 is 5.97 Å². The van der Waals surface area contributed by atoms with Crippen LogP contribution in [-0.4, -0.2) is 30.6 Å². The fourth-order valence-corrected chi connectivity index (χ4v) is 1.90. The van der Waals surface area contributed by atoms with Crippen LogP contribution in [-0.2, 0) is 0 Å². The molecule has 2 aromatic heterocycles. The van der Waals surface area contributed by atoms with Crippen LogP contribution >= 0.6 is 0 Å². The van der Waals surface area contributed by atoms with Crippen LogP contribution in [0.15, 0.2) is 36.7 Å². The van der Waals surface area contributed by atoms with Crippen molar-refractivity contribution in [2.75, 3.05) is 0 Å². The molecule has 0 fully saturated rings. The minimum Gasteiger partial charge on any atom is -0.475 e. The first-order valence-corrected chi connectivity index (χ1v) is 5.64. The Balaban J connectivity index is 2.39. The molecule has 3 rings (SSSR count). The molecule has 20 heavy (non-hydrogen) atoms. The zero-order valence-corrected chi connectivity index (χ0v) is 10.1. The molecule has 0 saturated carbocycles. The number of imidazole rings is 1. The van der Waals surface area contributed by atoms with Crippen LogP contribution in [0.5, 0.6) is 0 Å². The second-order valence-corrected chi connectivity index (χ2v) is 3.93. The average molecular weight is 265 g/mol. The summed E-state index contributed by atoms with van der Waals surface area (Å²) in [4.78, 5) is 23.0. The van der Waals surface area contributed by atoms with Gasteiger partial charge in [-0.05, 0) is 12.1 Å².